The van der Waals surface area contributed by atoms with Crippen LogP contribution >= 0.6 is 0 Å². The summed E-state index contributed by atoms with van der Waals surface area (Å²) in [4.78, 5) is 50.0. The average Bonchev–Trinajstić information content (AvgIpc) is 3.57. The van der Waals surface area contributed by atoms with Gasteiger partial charge < -0.3 is 10.6 Å². The van der Waals surface area contributed by atoms with Crippen molar-refractivity contribution in [2.75, 3.05) is 13.1 Å². The Morgan fingerprint density at radius 3 is 1.38 bits per heavy atom. The van der Waals surface area contributed by atoms with Crippen molar-refractivity contribution in [3.63, 3.8) is 0 Å². The smallest absolute Gasteiger partial charge is 0.253 e. The predicted molar refractivity (Wildman–Crippen MR) is 149 cm³/mol. The normalized spacial score (nSPS) is 22.3. The highest BCUT2D eigenvalue weighted by Gasteiger charge is 2.41. The molecule has 4 amide bonds. The molecular formula is C30H28N6O4. The largest absolute Gasteiger partial charge is 0.355 e. The van der Waals surface area contributed by atoms with E-state index in [9.17, 15) is 19.2 Å². The third-order valence-electron chi connectivity index (χ3n) is 7.10. The molecule has 10 heteroatoms. The van der Waals surface area contributed by atoms with Crippen molar-refractivity contribution in [2.24, 2.45) is 22.0 Å². The second-order valence-corrected chi connectivity index (χ2v) is 9.62. The molecule has 0 saturated carbocycles. The highest BCUT2D eigenvalue weighted by atomic mass is 16.2. The Bertz CT molecular complexity index is 1330. The number of rotatable bonds is 8. The highest BCUT2D eigenvalue weighted by Crippen LogP contribution is 2.30. The van der Waals surface area contributed by atoms with Gasteiger partial charge in [-0.3, -0.25) is 19.2 Å². The van der Waals surface area contributed by atoms with Gasteiger partial charge in [0.05, 0.1) is 12.4 Å². The molecule has 0 aromatic heterocycles. The lowest BCUT2D eigenvalue weighted by molar-refractivity contribution is -0.135. The summed E-state index contributed by atoms with van der Waals surface area (Å²) < 4.78 is 0. The highest BCUT2D eigenvalue weighted by molar-refractivity contribution is 6.04. The lowest BCUT2D eigenvalue weighted by Gasteiger charge is -2.15. The van der Waals surface area contributed by atoms with Crippen LogP contribution < -0.4 is 21.5 Å². The topological polar surface area (TPSA) is 141 Å². The van der Waals surface area contributed by atoms with Gasteiger partial charge in [0.15, 0.2) is 0 Å². The van der Waals surface area contributed by atoms with Gasteiger partial charge in [0.1, 0.15) is 11.8 Å². The Balaban J connectivity index is 1.14. The van der Waals surface area contributed by atoms with E-state index in [0.717, 1.165) is 11.1 Å². The molecule has 202 valence electrons. The number of nitrogens with zero attached hydrogens (tertiary/aromatic N) is 2. The third kappa shape index (κ3) is 5.96. The zero-order chi connectivity index (χ0) is 27.9. The van der Waals surface area contributed by atoms with Crippen LogP contribution in [0.1, 0.15) is 34.1 Å². The van der Waals surface area contributed by atoms with Gasteiger partial charge in [-0.15, -0.1) is 0 Å². The summed E-state index contributed by atoms with van der Waals surface area (Å²) in [6.07, 6.45) is 2.96. The van der Waals surface area contributed by atoms with Crippen LogP contribution in [-0.2, 0) is 19.2 Å². The van der Waals surface area contributed by atoms with Gasteiger partial charge in [-0.25, -0.2) is 10.9 Å². The fraction of sp³-hybridized carbons (Fsp3) is 0.200. The van der Waals surface area contributed by atoms with Gasteiger partial charge in [0.2, 0.25) is 11.8 Å². The van der Waals surface area contributed by atoms with Crippen LogP contribution in [0.15, 0.2) is 95.1 Å². The first kappa shape index (κ1) is 26.5. The fourth-order valence-electron chi connectivity index (χ4n) is 5.01. The molecule has 2 aliphatic heterocycles. The standard InChI is InChI=1S/C30H28N6O4/c37-27-25(23(17-31-27)21-7-3-1-4-8-21)29(39)35-33-15-19-11-13-20(14-12-19)16-34-36-30(40)26-24(18-32-28(26)38)22-9-5-2-6-10-22/h1-16,23-26H,17-18H2,(H,31,37)(H,32,38)(H,35,39)(H,36,40)/b33-15+,34-16+. The minimum Gasteiger partial charge on any atom is -0.355 e. The van der Waals surface area contributed by atoms with E-state index in [1.165, 1.54) is 12.4 Å². The van der Waals surface area contributed by atoms with E-state index in [1.54, 1.807) is 24.3 Å². The van der Waals surface area contributed by atoms with Crippen LogP contribution in [0.3, 0.4) is 0 Å². The monoisotopic (exact) mass is 536 g/mol. The number of carbonyl (C=O) groups is 4. The summed E-state index contributed by atoms with van der Waals surface area (Å²) in [6, 6.07) is 26.0. The molecule has 10 nitrogen and oxygen atoms in total. The van der Waals surface area contributed by atoms with Crippen molar-refractivity contribution in [3.8, 4) is 0 Å². The molecule has 4 atom stereocenters. The summed E-state index contributed by atoms with van der Waals surface area (Å²) >= 11 is 0. The van der Waals surface area contributed by atoms with Crippen LogP contribution in [-0.4, -0.2) is 49.1 Å². The number of hydrazone groups is 2. The molecule has 3 aromatic carbocycles. The number of nitrogens with one attached hydrogen (secondary N) is 4. The molecule has 0 radical (unpaired) electrons. The quantitative estimate of drug-likeness (QED) is 0.197. The van der Waals surface area contributed by atoms with Crippen molar-refractivity contribution in [1.29, 1.82) is 0 Å². The van der Waals surface area contributed by atoms with Crippen molar-refractivity contribution in [1.82, 2.24) is 21.5 Å². The number of hydrogen-bond acceptors (Lipinski definition) is 6. The van der Waals surface area contributed by atoms with Crippen molar-refractivity contribution < 1.29 is 19.2 Å². The zero-order valence-electron chi connectivity index (χ0n) is 21.5. The van der Waals surface area contributed by atoms with Gasteiger partial charge >= 0.3 is 0 Å². The Labute approximate surface area is 230 Å². The van der Waals surface area contributed by atoms with E-state index < -0.39 is 23.7 Å². The molecule has 2 fully saturated rings. The first-order chi connectivity index (χ1) is 19.5. The molecule has 4 N–H and O–H groups in total. The molecule has 2 aliphatic rings. The van der Waals surface area contributed by atoms with Crippen LogP contribution in [0.4, 0.5) is 0 Å². The average molecular weight is 537 g/mol. The maximum Gasteiger partial charge on any atom is 0.253 e. The number of hydrogen-bond donors (Lipinski definition) is 4. The minimum atomic E-state index is -0.855. The summed E-state index contributed by atoms with van der Waals surface area (Å²) in [5.74, 6) is -3.79. The first-order valence-electron chi connectivity index (χ1n) is 12.9. The lowest BCUT2D eigenvalue weighted by atomic mass is 9.88. The molecule has 2 heterocycles. The van der Waals surface area contributed by atoms with Crippen molar-refractivity contribution in [2.45, 2.75) is 11.8 Å². The Hall–Kier alpha value is -5.12. The molecule has 40 heavy (non-hydrogen) atoms. The zero-order valence-corrected chi connectivity index (χ0v) is 21.5. The van der Waals surface area contributed by atoms with Gasteiger partial charge in [-0.1, -0.05) is 84.9 Å². The lowest BCUT2D eigenvalue weighted by Crippen LogP contribution is -2.34. The first-order valence-corrected chi connectivity index (χ1v) is 12.9. The van der Waals surface area contributed by atoms with Crippen molar-refractivity contribution in [3.05, 3.63) is 107 Å². The van der Waals surface area contributed by atoms with Crippen LogP contribution in [0.25, 0.3) is 0 Å². The van der Waals surface area contributed by atoms with Crippen LogP contribution in [0, 0.1) is 11.8 Å². The van der Waals surface area contributed by atoms with Crippen LogP contribution in [0.2, 0.25) is 0 Å². The molecule has 3 aromatic rings. The second kappa shape index (κ2) is 12.2. The Morgan fingerprint density at radius 2 is 1.00 bits per heavy atom. The number of amides is 4. The summed E-state index contributed by atoms with van der Waals surface area (Å²) in [6.45, 7) is 0.797. The molecule has 0 bridgehead atoms. The van der Waals surface area contributed by atoms with Crippen molar-refractivity contribution >= 4 is 36.1 Å². The molecule has 0 aliphatic carbocycles. The van der Waals surface area contributed by atoms with Gasteiger partial charge in [0.25, 0.3) is 11.8 Å². The van der Waals surface area contributed by atoms with Gasteiger partial charge in [0, 0.05) is 24.9 Å². The maximum atomic E-state index is 12.7. The van der Waals surface area contributed by atoms with E-state index in [2.05, 4.69) is 31.7 Å². The van der Waals surface area contributed by atoms with E-state index >= 15 is 0 Å². The maximum absolute atomic E-state index is 12.7. The summed E-state index contributed by atoms with van der Waals surface area (Å²) in [5.41, 5.74) is 8.21. The summed E-state index contributed by atoms with van der Waals surface area (Å²) in [5, 5.41) is 13.5. The van der Waals surface area contributed by atoms with Gasteiger partial charge in [-0.2, -0.15) is 10.2 Å². The molecular weight excluding hydrogens is 508 g/mol. The second-order valence-electron chi connectivity index (χ2n) is 9.62. The fourth-order valence-corrected chi connectivity index (χ4v) is 5.01. The number of benzene rings is 3. The Kier molecular flexibility index (Phi) is 8.05. The summed E-state index contributed by atoms with van der Waals surface area (Å²) in [7, 11) is 0. The Morgan fingerprint density at radius 1 is 0.625 bits per heavy atom. The van der Waals surface area contributed by atoms with E-state index in [4.69, 9.17) is 0 Å². The molecule has 0 spiro atoms. The van der Waals surface area contributed by atoms with E-state index in [1.807, 2.05) is 60.7 Å². The predicted octanol–water partition coefficient (Wildman–Crippen LogP) is 1.65. The van der Waals surface area contributed by atoms with E-state index in [0.29, 0.717) is 24.2 Å². The SMILES string of the molecule is O=C1NCC(c2ccccc2)C1C(=O)N/N=C/c1ccc(/C=N/NC(=O)C2C(=O)NCC2c2ccccc2)cc1. The van der Waals surface area contributed by atoms with Crippen LogP contribution in [0.5, 0.6) is 0 Å². The minimum absolute atomic E-state index is 0.254. The molecule has 5 rings (SSSR count). The van der Waals surface area contributed by atoms with Gasteiger partial charge in [-0.05, 0) is 22.3 Å². The molecule has 4 unspecified atom stereocenters. The molecule has 2 saturated heterocycles. The van der Waals surface area contributed by atoms with E-state index in [-0.39, 0.29) is 23.7 Å². The number of carbonyl (C=O) groups excluding carboxylic acids is 4. The third-order valence-corrected chi connectivity index (χ3v) is 7.10.